The minimum atomic E-state index is -0.488. The molecular weight excluding hydrogens is 335 g/mol. The summed E-state index contributed by atoms with van der Waals surface area (Å²) in [4.78, 5) is 12.7. The Morgan fingerprint density at radius 2 is 2.17 bits per heavy atom. The number of halogens is 2. The van der Waals surface area contributed by atoms with Crippen molar-refractivity contribution in [2.75, 3.05) is 0 Å². The normalized spacial score (nSPS) is 11.0. The first-order valence-corrected chi connectivity index (χ1v) is 7.63. The van der Waals surface area contributed by atoms with Crippen molar-refractivity contribution in [2.24, 2.45) is 0 Å². The minimum absolute atomic E-state index is 0.120. The molecule has 0 aliphatic rings. The Balaban J connectivity index is 2.10. The molecule has 0 amide bonds. The summed E-state index contributed by atoms with van der Waals surface area (Å²) in [6.07, 6.45) is 3.10. The van der Waals surface area contributed by atoms with E-state index >= 15 is 0 Å². The standard InChI is InChI=1S/C16H14ClFN4O2/c1-2-21-8-11(7-19-21)16(24)14-6-15(17)20-22(14)13-4-3-12(18)5-10(13)9-23/h3-8,23H,2,9H2,1H3. The lowest BCUT2D eigenvalue weighted by atomic mass is 10.1. The fourth-order valence-electron chi connectivity index (χ4n) is 2.39. The van der Waals surface area contributed by atoms with Crippen LogP contribution in [-0.2, 0) is 13.2 Å². The van der Waals surface area contributed by atoms with Crippen LogP contribution in [0.4, 0.5) is 4.39 Å². The predicted molar refractivity (Wildman–Crippen MR) is 85.8 cm³/mol. The third-order valence-corrected chi connectivity index (χ3v) is 3.76. The molecule has 3 aromatic rings. The first-order valence-electron chi connectivity index (χ1n) is 7.26. The van der Waals surface area contributed by atoms with Crippen LogP contribution in [0.3, 0.4) is 0 Å². The van der Waals surface area contributed by atoms with Gasteiger partial charge in [-0.2, -0.15) is 10.2 Å². The molecule has 0 unspecified atom stereocenters. The third kappa shape index (κ3) is 2.95. The molecule has 0 saturated heterocycles. The van der Waals surface area contributed by atoms with Crippen molar-refractivity contribution in [1.29, 1.82) is 0 Å². The molecule has 8 heteroatoms. The van der Waals surface area contributed by atoms with Gasteiger partial charge in [-0.25, -0.2) is 9.07 Å². The molecule has 6 nitrogen and oxygen atoms in total. The van der Waals surface area contributed by atoms with Gasteiger partial charge >= 0.3 is 0 Å². The average molecular weight is 349 g/mol. The van der Waals surface area contributed by atoms with Crippen molar-refractivity contribution >= 4 is 17.4 Å². The van der Waals surface area contributed by atoms with Gasteiger partial charge in [0.05, 0.1) is 24.1 Å². The van der Waals surface area contributed by atoms with Gasteiger partial charge in [0.1, 0.15) is 11.5 Å². The molecule has 0 aliphatic heterocycles. The summed E-state index contributed by atoms with van der Waals surface area (Å²) in [6.45, 7) is 2.15. The van der Waals surface area contributed by atoms with E-state index in [0.29, 0.717) is 23.4 Å². The van der Waals surface area contributed by atoms with E-state index in [0.717, 1.165) is 0 Å². The number of nitrogens with zero attached hydrogens (tertiary/aromatic N) is 4. The number of aliphatic hydroxyl groups is 1. The van der Waals surface area contributed by atoms with Gasteiger partial charge in [-0.15, -0.1) is 0 Å². The van der Waals surface area contributed by atoms with E-state index in [1.54, 1.807) is 10.9 Å². The highest BCUT2D eigenvalue weighted by Crippen LogP contribution is 2.22. The second-order valence-corrected chi connectivity index (χ2v) is 5.50. The molecule has 124 valence electrons. The summed E-state index contributed by atoms with van der Waals surface area (Å²) >= 11 is 5.96. The zero-order chi connectivity index (χ0) is 17.3. The maximum absolute atomic E-state index is 13.4. The van der Waals surface area contributed by atoms with E-state index in [9.17, 15) is 14.3 Å². The van der Waals surface area contributed by atoms with Crippen molar-refractivity contribution in [1.82, 2.24) is 19.6 Å². The summed E-state index contributed by atoms with van der Waals surface area (Å²) in [5.41, 5.74) is 1.28. The minimum Gasteiger partial charge on any atom is -0.392 e. The zero-order valence-corrected chi connectivity index (χ0v) is 13.5. The number of hydrogen-bond acceptors (Lipinski definition) is 4. The molecule has 2 aromatic heterocycles. The topological polar surface area (TPSA) is 72.9 Å². The number of carbonyl (C=O) groups is 1. The first kappa shape index (κ1) is 16.4. The van der Waals surface area contributed by atoms with E-state index in [1.165, 1.54) is 35.1 Å². The van der Waals surface area contributed by atoms with Crippen LogP contribution in [0.1, 0.15) is 28.5 Å². The molecule has 0 bridgehead atoms. The summed E-state index contributed by atoms with van der Waals surface area (Å²) in [6, 6.07) is 5.29. The Morgan fingerprint density at radius 3 is 2.83 bits per heavy atom. The summed E-state index contributed by atoms with van der Waals surface area (Å²) < 4.78 is 16.3. The quantitative estimate of drug-likeness (QED) is 0.719. The molecule has 0 fully saturated rings. The van der Waals surface area contributed by atoms with Gasteiger partial charge in [-0.3, -0.25) is 9.48 Å². The van der Waals surface area contributed by atoms with E-state index in [1.807, 2.05) is 6.92 Å². The maximum atomic E-state index is 13.4. The van der Waals surface area contributed by atoms with Crippen molar-refractivity contribution in [3.63, 3.8) is 0 Å². The molecule has 3 rings (SSSR count). The molecule has 0 spiro atoms. The van der Waals surface area contributed by atoms with Crippen LogP contribution in [-0.4, -0.2) is 30.5 Å². The molecule has 0 saturated carbocycles. The highest BCUT2D eigenvalue weighted by molar-refractivity contribution is 6.30. The van der Waals surface area contributed by atoms with Gasteiger partial charge < -0.3 is 5.11 Å². The molecular formula is C16H14ClFN4O2. The average Bonchev–Trinajstić information content (AvgIpc) is 3.20. The van der Waals surface area contributed by atoms with Crippen LogP contribution in [0.2, 0.25) is 5.15 Å². The molecule has 0 atom stereocenters. The van der Waals surface area contributed by atoms with Gasteiger partial charge in [0.25, 0.3) is 0 Å². The number of ketones is 1. The van der Waals surface area contributed by atoms with Crippen LogP contribution in [0.15, 0.2) is 36.7 Å². The fourth-order valence-corrected chi connectivity index (χ4v) is 2.57. The second-order valence-electron chi connectivity index (χ2n) is 5.11. The van der Waals surface area contributed by atoms with Crippen LogP contribution in [0.5, 0.6) is 0 Å². The smallest absolute Gasteiger partial charge is 0.214 e. The maximum Gasteiger partial charge on any atom is 0.214 e. The lowest BCUT2D eigenvalue weighted by Crippen LogP contribution is -2.11. The largest absolute Gasteiger partial charge is 0.392 e. The van der Waals surface area contributed by atoms with E-state index in [4.69, 9.17) is 11.6 Å². The Bertz CT molecular complexity index is 903. The zero-order valence-electron chi connectivity index (χ0n) is 12.8. The molecule has 1 N–H and O–H groups in total. The van der Waals surface area contributed by atoms with Crippen LogP contribution < -0.4 is 0 Å². The summed E-state index contributed by atoms with van der Waals surface area (Å²) in [5.74, 6) is -0.805. The number of aromatic nitrogens is 4. The predicted octanol–water partition coefficient (Wildman–Crippen LogP) is 2.60. The number of benzene rings is 1. The number of carbonyl (C=O) groups excluding carboxylic acids is 1. The number of aryl methyl sites for hydroxylation is 1. The van der Waals surface area contributed by atoms with E-state index in [2.05, 4.69) is 10.2 Å². The van der Waals surface area contributed by atoms with Crippen molar-refractivity contribution in [3.8, 4) is 5.69 Å². The van der Waals surface area contributed by atoms with E-state index < -0.39 is 12.4 Å². The van der Waals surface area contributed by atoms with Crippen molar-refractivity contribution < 1.29 is 14.3 Å². The van der Waals surface area contributed by atoms with Gasteiger partial charge in [0, 0.05) is 24.4 Å². The Hall–Kier alpha value is -2.51. The highest BCUT2D eigenvalue weighted by Gasteiger charge is 2.20. The molecule has 24 heavy (non-hydrogen) atoms. The van der Waals surface area contributed by atoms with Gasteiger partial charge in [-0.1, -0.05) is 11.6 Å². The SMILES string of the molecule is CCn1cc(C(=O)c2cc(Cl)nn2-c2ccc(F)cc2CO)cn1. The molecule has 1 aromatic carbocycles. The fraction of sp³-hybridized carbons (Fsp3) is 0.188. The van der Waals surface area contributed by atoms with Crippen LogP contribution in [0.25, 0.3) is 5.69 Å². The van der Waals surface area contributed by atoms with Crippen LogP contribution in [0, 0.1) is 5.82 Å². The van der Waals surface area contributed by atoms with Crippen molar-refractivity contribution in [2.45, 2.75) is 20.1 Å². The highest BCUT2D eigenvalue weighted by atomic mass is 35.5. The van der Waals surface area contributed by atoms with Gasteiger partial charge in [0.15, 0.2) is 5.15 Å². The Labute approximate surface area is 142 Å². The second kappa shape index (κ2) is 6.54. The number of hydrogen-bond donors (Lipinski definition) is 1. The summed E-state index contributed by atoms with van der Waals surface area (Å²) in [5, 5.41) is 17.7. The van der Waals surface area contributed by atoms with Gasteiger partial charge in [-0.05, 0) is 25.1 Å². The number of rotatable bonds is 5. The van der Waals surface area contributed by atoms with Gasteiger partial charge in [0.2, 0.25) is 5.78 Å². The van der Waals surface area contributed by atoms with Crippen LogP contribution >= 0.6 is 11.6 Å². The third-order valence-electron chi connectivity index (χ3n) is 3.57. The summed E-state index contributed by atoms with van der Waals surface area (Å²) in [7, 11) is 0. The first-order chi connectivity index (χ1) is 11.5. The Morgan fingerprint density at radius 1 is 1.38 bits per heavy atom. The molecule has 0 aliphatic carbocycles. The Kier molecular flexibility index (Phi) is 4.46. The van der Waals surface area contributed by atoms with E-state index in [-0.39, 0.29) is 16.6 Å². The molecule has 2 heterocycles. The number of aliphatic hydroxyl groups excluding tert-OH is 1. The monoisotopic (exact) mass is 348 g/mol. The lowest BCUT2D eigenvalue weighted by Gasteiger charge is -2.10. The van der Waals surface area contributed by atoms with Crippen molar-refractivity contribution in [3.05, 3.63) is 64.5 Å². The molecule has 0 radical (unpaired) electrons. The lowest BCUT2D eigenvalue weighted by molar-refractivity contribution is 0.103.